The molecule has 0 N–H and O–H groups in total. The average molecular weight is 743 g/mol. The number of ether oxygens (including phenoxy) is 8. The lowest BCUT2D eigenvalue weighted by Crippen LogP contribution is -2.39. The highest BCUT2D eigenvalue weighted by atomic mass is 16.5. The van der Waals surface area contributed by atoms with Crippen LogP contribution in [0.3, 0.4) is 0 Å². The Bertz CT molecular complexity index is 1580. The fourth-order valence-corrected chi connectivity index (χ4v) is 6.95. The summed E-state index contributed by atoms with van der Waals surface area (Å²) < 4.78 is 45.3. The van der Waals surface area contributed by atoms with Crippen LogP contribution in [-0.4, -0.2) is 155 Å². The minimum Gasteiger partial charge on any atom is -0.493 e. The zero-order chi connectivity index (χ0) is 37.7. The lowest BCUT2D eigenvalue weighted by molar-refractivity contribution is 0.0817. The fourth-order valence-electron chi connectivity index (χ4n) is 6.95. The van der Waals surface area contributed by atoms with Crippen LogP contribution in [-0.2, 0) is 30.2 Å². The third kappa shape index (κ3) is 9.59. The van der Waals surface area contributed by atoms with E-state index in [1.165, 1.54) is 0 Å². The molecule has 0 amide bonds. The predicted molar refractivity (Wildman–Crippen MR) is 205 cm³/mol. The second kappa shape index (κ2) is 19.9. The van der Waals surface area contributed by atoms with Crippen LogP contribution in [0.4, 0.5) is 23.5 Å². The number of nitrogens with zero attached hydrogens (tertiary/aromatic N) is 8. The fraction of sp³-hybridized carbons (Fsp3) is 0.676. The zero-order valence-corrected chi connectivity index (χ0v) is 32.8. The van der Waals surface area contributed by atoms with E-state index in [0.29, 0.717) is 86.2 Å². The maximum absolute atomic E-state index is 5.89. The molecular weight excluding hydrogens is 684 g/mol. The smallest absolute Gasteiger partial charge is 0.228 e. The summed E-state index contributed by atoms with van der Waals surface area (Å²) >= 11 is 0. The monoisotopic (exact) mass is 742 g/mol. The van der Waals surface area contributed by atoms with Crippen LogP contribution in [0, 0.1) is 0 Å². The maximum atomic E-state index is 5.89. The third-order valence-electron chi connectivity index (χ3n) is 10.0. The SMILES string of the molecule is COCCN(CCOC)c1nc(N2CCC(OC)CC2)c2nc(N(CCOC)Cc3ccc(OC)c(OC)c3OC)nc(N3CCC(OC)CC3)c2n1. The van der Waals surface area contributed by atoms with Crippen LogP contribution >= 0.6 is 0 Å². The Kier molecular flexibility index (Phi) is 15.1. The van der Waals surface area contributed by atoms with Gasteiger partial charge in [0.05, 0.1) is 53.4 Å². The van der Waals surface area contributed by atoms with E-state index in [1.807, 2.05) is 12.1 Å². The molecule has 0 bridgehead atoms. The van der Waals surface area contributed by atoms with Crippen LogP contribution in [0.2, 0.25) is 0 Å². The Hall–Kier alpha value is -3.96. The quantitative estimate of drug-likeness (QED) is 0.167. The average Bonchev–Trinajstić information content (AvgIpc) is 3.21. The first-order valence-corrected chi connectivity index (χ1v) is 18.3. The van der Waals surface area contributed by atoms with Crippen LogP contribution < -0.4 is 33.8 Å². The summed E-state index contributed by atoms with van der Waals surface area (Å²) in [5.41, 5.74) is 2.28. The molecular formula is C37H58N8O8. The standard InChI is InChI=1S/C37H58N8O8/c1-46-22-19-44(20-23-47-2)36-38-30-31(34(40-36)42-15-11-27(49-4)12-16-42)39-37(41-35(30)43-17-13-28(50-5)14-18-43)45(21-24-48-3)25-26-9-10-29(51-6)33(53-8)32(26)52-7/h9-10,27-28H,11-25H2,1-8H3. The van der Waals surface area contributed by atoms with Crippen molar-refractivity contribution >= 4 is 34.6 Å². The molecule has 2 fully saturated rings. The van der Waals surface area contributed by atoms with E-state index < -0.39 is 0 Å². The van der Waals surface area contributed by atoms with E-state index in [-0.39, 0.29) is 12.2 Å². The lowest BCUT2D eigenvalue weighted by Gasteiger charge is -2.35. The molecule has 5 rings (SSSR count). The molecule has 2 aliphatic rings. The van der Waals surface area contributed by atoms with Crippen LogP contribution in [0.25, 0.3) is 11.0 Å². The summed E-state index contributed by atoms with van der Waals surface area (Å²) in [5, 5.41) is 0. The third-order valence-corrected chi connectivity index (χ3v) is 10.0. The number of rotatable bonds is 20. The molecule has 0 atom stereocenters. The van der Waals surface area contributed by atoms with Gasteiger partial charge in [-0.15, -0.1) is 0 Å². The van der Waals surface area contributed by atoms with Gasteiger partial charge in [-0.2, -0.15) is 9.97 Å². The lowest BCUT2D eigenvalue weighted by atomic mass is 10.1. The topological polar surface area (TPSA) is 138 Å². The van der Waals surface area contributed by atoms with Crippen molar-refractivity contribution in [1.29, 1.82) is 0 Å². The molecule has 2 saturated heterocycles. The Labute approximate surface area is 313 Å². The van der Waals surface area contributed by atoms with E-state index in [0.717, 1.165) is 69.1 Å². The number of fused-ring (bicyclic) bond motifs is 1. The second-order valence-corrected chi connectivity index (χ2v) is 13.1. The van der Waals surface area contributed by atoms with Gasteiger partial charge in [0.1, 0.15) is 11.0 Å². The molecule has 1 aromatic carbocycles. The summed E-state index contributed by atoms with van der Waals surface area (Å²) in [4.78, 5) is 30.0. The van der Waals surface area contributed by atoms with E-state index in [1.54, 1.807) is 56.9 Å². The predicted octanol–water partition coefficient (Wildman–Crippen LogP) is 3.43. The molecule has 294 valence electrons. The molecule has 0 saturated carbocycles. The highest BCUT2D eigenvalue weighted by molar-refractivity contribution is 5.95. The highest BCUT2D eigenvalue weighted by Crippen LogP contribution is 2.41. The first-order chi connectivity index (χ1) is 25.9. The zero-order valence-electron chi connectivity index (χ0n) is 32.8. The Morgan fingerprint density at radius 1 is 0.566 bits per heavy atom. The summed E-state index contributed by atoms with van der Waals surface area (Å²) in [6.07, 6.45) is 3.89. The highest BCUT2D eigenvalue weighted by Gasteiger charge is 2.30. The van der Waals surface area contributed by atoms with Crippen molar-refractivity contribution in [2.45, 2.75) is 44.4 Å². The van der Waals surface area contributed by atoms with Crippen molar-refractivity contribution in [2.24, 2.45) is 0 Å². The maximum Gasteiger partial charge on any atom is 0.228 e. The number of hydrogen-bond donors (Lipinski definition) is 0. The molecule has 16 heteroatoms. The van der Waals surface area contributed by atoms with Crippen molar-refractivity contribution in [3.8, 4) is 17.2 Å². The van der Waals surface area contributed by atoms with Gasteiger partial charge in [-0.05, 0) is 37.8 Å². The number of benzene rings is 1. The van der Waals surface area contributed by atoms with E-state index in [9.17, 15) is 0 Å². The van der Waals surface area contributed by atoms with Crippen molar-refractivity contribution in [1.82, 2.24) is 19.9 Å². The van der Waals surface area contributed by atoms with Gasteiger partial charge in [0.2, 0.25) is 17.6 Å². The van der Waals surface area contributed by atoms with Gasteiger partial charge in [0.15, 0.2) is 23.1 Å². The Balaban J connectivity index is 1.72. The number of hydrogen-bond acceptors (Lipinski definition) is 16. The molecule has 16 nitrogen and oxygen atoms in total. The van der Waals surface area contributed by atoms with Crippen molar-refractivity contribution in [3.63, 3.8) is 0 Å². The van der Waals surface area contributed by atoms with Crippen LogP contribution in [0.1, 0.15) is 31.2 Å². The number of methoxy groups -OCH3 is 8. The summed E-state index contributed by atoms with van der Waals surface area (Å²) in [7, 11) is 13.5. The Morgan fingerprint density at radius 3 is 1.43 bits per heavy atom. The minimum absolute atomic E-state index is 0.191. The molecule has 53 heavy (non-hydrogen) atoms. The van der Waals surface area contributed by atoms with Gasteiger partial charge in [0.25, 0.3) is 0 Å². The molecule has 2 aliphatic heterocycles. The largest absolute Gasteiger partial charge is 0.493 e. The van der Waals surface area contributed by atoms with E-state index in [2.05, 4.69) is 19.6 Å². The minimum atomic E-state index is 0.191. The van der Waals surface area contributed by atoms with Crippen molar-refractivity contribution in [2.75, 3.05) is 142 Å². The van der Waals surface area contributed by atoms with Gasteiger partial charge < -0.3 is 57.5 Å². The van der Waals surface area contributed by atoms with Gasteiger partial charge in [-0.25, -0.2) is 9.97 Å². The number of piperidine rings is 2. The van der Waals surface area contributed by atoms with Crippen LogP contribution in [0.5, 0.6) is 17.2 Å². The normalized spacial score (nSPS) is 15.6. The summed E-state index contributed by atoms with van der Waals surface area (Å²) in [6, 6.07) is 3.86. The molecule has 0 unspecified atom stereocenters. The van der Waals surface area contributed by atoms with Gasteiger partial charge in [-0.3, -0.25) is 0 Å². The van der Waals surface area contributed by atoms with Crippen molar-refractivity contribution < 1.29 is 37.9 Å². The second-order valence-electron chi connectivity index (χ2n) is 13.1. The van der Waals surface area contributed by atoms with Gasteiger partial charge in [0, 0.05) is 93.5 Å². The first-order valence-electron chi connectivity index (χ1n) is 18.3. The summed E-state index contributed by atoms with van der Waals surface area (Å²) in [6.45, 7) is 6.66. The van der Waals surface area contributed by atoms with Gasteiger partial charge >= 0.3 is 0 Å². The van der Waals surface area contributed by atoms with E-state index in [4.69, 9.17) is 57.8 Å². The number of aromatic nitrogens is 4. The molecule has 0 radical (unpaired) electrons. The molecule has 0 aliphatic carbocycles. The van der Waals surface area contributed by atoms with E-state index >= 15 is 0 Å². The first kappa shape index (κ1) is 40.2. The Morgan fingerprint density at radius 2 is 1.02 bits per heavy atom. The molecule has 2 aromatic heterocycles. The van der Waals surface area contributed by atoms with Gasteiger partial charge in [-0.1, -0.05) is 0 Å². The van der Waals surface area contributed by atoms with Crippen LogP contribution in [0.15, 0.2) is 12.1 Å². The molecule has 4 heterocycles. The number of anilines is 4. The van der Waals surface area contributed by atoms with Crippen molar-refractivity contribution in [3.05, 3.63) is 17.7 Å². The summed E-state index contributed by atoms with van der Waals surface area (Å²) in [5.74, 6) is 4.35. The molecule has 3 aromatic rings. The molecule has 0 spiro atoms.